The van der Waals surface area contributed by atoms with Crippen LogP contribution in [0.3, 0.4) is 0 Å². The number of pyridine rings is 1. The molecule has 0 bridgehead atoms. The first-order valence-electron chi connectivity index (χ1n) is 33.2. The Bertz CT molecular complexity index is 5770. The van der Waals surface area contributed by atoms with Gasteiger partial charge in [0.05, 0.1) is 16.7 Å². The van der Waals surface area contributed by atoms with Crippen LogP contribution in [-0.2, 0) is 0 Å². The molecule has 4 heterocycles. The van der Waals surface area contributed by atoms with Gasteiger partial charge in [-0.05, 0) is 157 Å². The van der Waals surface area contributed by atoms with E-state index in [1.54, 1.807) is 0 Å². The molecule has 4 aromatic heterocycles. The fourth-order valence-corrected chi connectivity index (χ4v) is 14.8. The smallest absolute Gasteiger partial charge is 0.235 e. The molecule has 2 aliphatic carbocycles. The Morgan fingerprint density at radius 1 is 0.224 bits per heavy atom. The summed E-state index contributed by atoms with van der Waals surface area (Å²) in [6.45, 7) is 0. The molecular formula is C91H61N7. The molecule has 7 heteroatoms. The van der Waals surface area contributed by atoms with Gasteiger partial charge in [0, 0.05) is 62.6 Å². The topological polar surface area (TPSA) is 55.0 Å². The molecule has 0 saturated heterocycles. The number of anilines is 6. The van der Waals surface area contributed by atoms with E-state index in [2.05, 4.69) is 365 Å². The minimum atomic E-state index is 0.624. The van der Waals surface area contributed by atoms with E-state index in [1.165, 1.54) is 94.2 Å². The van der Waals surface area contributed by atoms with Gasteiger partial charge in [0.2, 0.25) is 5.95 Å². The third-order valence-corrected chi connectivity index (χ3v) is 19.0. The van der Waals surface area contributed by atoms with Crippen molar-refractivity contribution in [1.29, 1.82) is 0 Å². The molecule has 98 heavy (non-hydrogen) atoms. The first-order chi connectivity index (χ1) is 48.7. The van der Waals surface area contributed by atoms with Gasteiger partial charge in [0.25, 0.3) is 0 Å². The third-order valence-electron chi connectivity index (χ3n) is 19.0. The Morgan fingerprint density at radius 2 is 0.541 bits per heavy atom. The molecule has 17 aromatic rings. The van der Waals surface area contributed by atoms with Crippen molar-refractivity contribution < 1.29 is 0 Å². The van der Waals surface area contributed by atoms with Crippen LogP contribution in [0.1, 0.15) is 0 Å². The highest BCUT2D eigenvalue weighted by molar-refractivity contribution is 6.20. The summed E-state index contributed by atoms with van der Waals surface area (Å²) in [6.07, 6.45) is 3.64. The second kappa shape index (κ2) is 24.6. The summed E-state index contributed by atoms with van der Waals surface area (Å²) in [7, 11) is 0. The lowest BCUT2D eigenvalue weighted by molar-refractivity contribution is 0.950. The van der Waals surface area contributed by atoms with Crippen LogP contribution in [0.5, 0.6) is 0 Å². The van der Waals surface area contributed by atoms with Crippen LogP contribution in [0.25, 0.3) is 134 Å². The van der Waals surface area contributed by atoms with Crippen molar-refractivity contribution in [1.82, 2.24) is 24.1 Å². The maximum atomic E-state index is 5.41. The second-order valence-corrected chi connectivity index (χ2v) is 24.6. The van der Waals surface area contributed by atoms with Crippen molar-refractivity contribution in [2.75, 3.05) is 9.80 Å². The zero-order valence-corrected chi connectivity index (χ0v) is 53.3. The summed E-state index contributed by atoms with van der Waals surface area (Å²) in [6, 6.07) is 127. The Labute approximate surface area is 569 Å². The zero-order valence-electron chi connectivity index (χ0n) is 53.3. The molecule has 13 aromatic carbocycles. The van der Waals surface area contributed by atoms with E-state index < -0.39 is 0 Å². The molecule has 7 nitrogen and oxygen atoms in total. The number of hydrogen-bond donors (Lipinski definition) is 0. The molecule has 0 N–H and O–H groups in total. The fraction of sp³-hybridized carbons (Fsp3) is 0. The number of hydrogen-bond acceptors (Lipinski definition) is 5. The zero-order chi connectivity index (χ0) is 64.9. The quantitative estimate of drug-likeness (QED) is 0.129. The molecule has 0 aliphatic heterocycles. The van der Waals surface area contributed by atoms with Crippen molar-refractivity contribution in [2.24, 2.45) is 0 Å². The monoisotopic (exact) mass is 1250 g/mol. The summed E-state index contributed by atoms with van der Waals surface area (Å²) in [5.74, 6) is 3.52. The summed E-state index contributed by atoms with van der Waals surface area (Å²) in [5, 5.41) is 2.40. The lowest BCUT2D eigenvalue weighted by atomic mass is 9.94. The summed E-state index contributed by atoms with van der Waals surface area (Å²) in [4.78, 5) is 19.8. The van der Waals surface area contributed by atoms with Gasteiger partial charge in [-0.2, -0.15) is 0 Å². The van der Waals surface area contributed by atoms with Crippen molar-refractivity contribution in [3.05, 3.63) is 370 Å². The molecule has 0 radical (unpaired) electrons. The van der Waals surface area contributed by atoms with Gasteiger partial charge in [0.1, 0.15) is 17.5 Å². The average Bonchev–Trinajstić information content (AvgIpc) is 1.55. The maximum absolute atomic E-state index is 5.41. The molecule has 460 valence electrons. The van der Waals surface area contributed by atoms with E-state index in [-0.39, 0.29) is 0 Å². The number of fused-ring (bicyclic) bond motifs is 10. The van der Waals surface area contributed by atoms with Crippen LogP contribution in [0, 0.1) is 0 Å². The van der Waals surface area contributed by atoms with Gasteiger partial charge < -0.3 is 0 Å². The molecule has 0 fully saturated rings. The SMILES string of the molecule is c1ccc(-c2ccc(N(c3ccccc3)c3c4c5c(cccc5n3-c3cccc(-c5ccccc5)n3)-c3ccccc3-c3ccccc3-4)cc2)cc1.c1ccc(-c2ccc(N(c3ccccc3)c3c4c5c(cccc5n3-c3ncccn3)-c3ccccc3-c3ccccc3-4)cc2)cc1. The van der Waals surface area contributed by atoms with E-state index in [0.717, 1.165) is 68.1 Å². The number of aromatic nitrogens is 5. The van der Waals surface area contributed by atoms with Gasteiger partial charge in [-0.25, -0.2) is 15.0 Å². The predicted molar refractivity (Wildman–Crippen MR) is 405 cm³/mol. The molecule has 0 unspecified atom stereocenters. The van der Waals surface area contributed by atoms with Crippen LogP contribution < -0.4 is 9.80 Å². The first-order valence-corrected chi connectivity index (χ1v) is 33.2. The first kappa shape index (κ1) is 57.4. The van der Waals surface area contributed by atoms with Gasteiger partial charge in [-0.1, -0.05) is 279 Å². The Hall–Kier alpha value is -13.2. The lowest BCUT2D eigenvalue weighted by Crippen LogP contribution is -2.16. The van der Waals surface area contributed by atoms with Gasteiger partial charge in [-0.3, -0.25) is 18.9 Å². The van der Waals surface area contributed by atoms with Crippen molar-refractivity contribution in [2.45, 2.75) is 0 Å². The number of para-hydroxylation sites is 2. The van der Waals surface area contributed by atoms with E-state index in [0.29, 0.717) is 5.95 Å². The highest BCUT2D eigenvalue weighted by Gasteiger charge is 2.35. The molecule has 19 rings (SSSR count). The standard InChI is InChI=1S/C49H33N3.C42H28N4/c1-4-16-34(17-5-1)35-30-32-38(33-31-35)51(37-20-8-3-9-21-37)49-48-43-25-13-12-24-41(43)39-22-10-11-23-40(39)42-26-14-28-45(47(42)48)52(49)46-29-15-27-44(50-46)36-18-6-2-7-19-36;1-3-13-29(14-4-1)30-23-25-32(26-24-30)45(31-15-5-2-6-16-31)41-40-37-20-10-9-19-35(37)33-17-7-8-18-34(33)36-21-11-22-38(39(36)40)46(41)42-43-27-12-28-44-42/h1-33H;1-28H. The number of benzene rings is 13. The molecule has 0 saturated carbocycles. The molecular weight excluding hydrogens is 1190 g/mol. The normalized spacial score (nSPS) is 11.5. The van der Waals surface area contributed by atoms with Crippen LogP contribution in [-0.4, -0.2) is 24.1 Å². The average molecular weight is 1250 g/mol. The molecule has 0 atom stereocenters. The van der Waals surface area contributed by atoms with Crippen LogP contribution in [0.15, 0.2) is 370 Å². The Morgan fingerprint density at radius 3 is 0.980 bits per heavy atom. The number of rotatable bonds is 11. The van der Waals surface area contributed by atoms with E-state index in [4.69, 9.17) is 15.0 Å². The van der Waals surface area contributed by atoms with Crippen molar-refractivity contribution in [3.8, 4) is 112 Å². The molecule has 0 amide bonds. The lowest BCUT2D eigenvalue weighted by Gasteiger charge is -2.29. The second-order valence-electron chi connectivity index (χ2n) is 24.6. The van der Waals surface area contributed by atoms with Crippen molar-refractivity contribution >= 4 is 56.2 Å². The summed E-state index contributed by atoms with van der Waals surface area (Å²) < 4.78 is 4.61. The van der Waals surface area contributed by atoms with Crippen LogP contribution in [0.4, 0.5) is 34.4 Å². The van der Waals surface area contributed by atoms with Crippen LogP contribution >= 0.6 is 0 Å². The third kappa shape index (κ3) is 9.87. The Balaban J connectivity index is 0.000000143. The maximum Gasteiger partial charge on any atom is 0.235 e. The summed E-state index contributed by atoms with van der Waals surface area (Å²) in [5.41, 5.74) is 27.6. The minimum Gasteiger partial charge on any atom is -0.296 e. The fourth-order valence-electron chi connectivity index (χ4n) is 14.8. The molecule has 2 aliphatic rings. The van der Waals surface area contributed by atoms with Gasteiger partial charge in [0.15, 0.2) is 0 Å². The molecule has 0 spiro atoms. The van der Waals surface area contributed by atoms with Crippen molar-refractivity contribution in [3.63, 3.8) is 0 Å². The van der Waals surface area contributed by atoms with E-state index in [9.17, 15) is 0 Å². The number of nitrogens with zero attached hydrogens (tertiary/aromatic N) is 7. The largest absolute Gasteiger partial charge is 0.296 e. The van der Waals surface area contributed by atoms with Gasteiger partial charge >= 0.3 is 0 Å². The van der Waals surface area contributed by atoms with Gasteiger partial charge in [-0.15, -0.1) is 0 Å². The van der Waals surface area contributed by atoms with Crippen LogP contribution in [0.2, 0.25) is 0 Å². The highest BCUT2D eigenvalue weighted by Crippen LogP contribution is 2.57. The summed E-state index contributed by atoms with van der Waals surface area (Å²) >= 11 is 0. The Kier molecular flexibility index (Phi) is 14.4. The van der Waals surface area contributed by atoms with E-state index in [1.807, 2.05) is 24.5 Å². The van der Waals surface area contributed by atoms with E-state index >= 15 is 0 Å². The predicted octanol–water partition coefficient (Wildman–Crippen LogP) is 24.0. The highest BCUT2D eigenvalue weighted by atomic mass is 15.3. The minimum absolute atomic E-state index is 0.624.